The van der Waals surface area contributed by atoms with Gasteiger partial charge in [-0.2, -0.15) is 8.75 Å². The molecule has 4 rings (SSSR count). The van der Waals surface area contributed by atoms with Gasteiger partial charge in [0.15, 0.2) is 0 Å². The predicted octanol–water partition coefficient (Wildman–Crippen LogP) is 12.1. The highest BCUT2D eigenvalue weighted by Gasteiger charge is 2.19. The number of thiophene rings is 2. The van der Waals surface area contributed by atoms with E-state index in [-0.39, 0.29) is 0 Å². The number of aromatic nitrogens is 2. The van der Waals surface area contributed by atoms with Crippen LogP contribution in [0.25, 0.3) is 31.9 Å². The van der Waals surface area contributed by atoms with E-state index in [0.29, 0.717) is 0 Å². The maximum absolute atomic E-state index is 4.86. The second-order valence-electron chi connectivity index (χ2n) is 11.1. The molecule has 39 heavy (non-hydrogen) atoms. The van der Waals surface area contributed by atoms with Gasteiger partial charge in [0.05, 0.1) is 11.7 Å². The molecule has 4 aromatic rings. The van der Waals surface area contributed by atoms with E-state index in [1.165, 1.54) is 135 Å². The first-order chi connectivity index (χ1) is 19.2. The number of fused-ring (bicyclic) bond motifs is 1. The Morgan fingerprint density at radius 1 is 0.513 bits per heavy atom. The number of aryl methyl sites for hydroxylation is 4. The zero-order chi connectivity index (χ0) is 27.5. The van der Waals surface area contributed by atoms with Gasteiger partial charge in [0.25, 0.3) is 0 Å². The van der Waals surface area contributed by atoms with Crippen LogP contribution in [0.4, 0.5) is 0 Å². The van der Waals surface area contributed by atoms with Gasteiger partial charge in [0.2, 0.25) is 0 Å². The molecule has 0 aliphatic carbocycles. The molecule has 0 radical (unpaired) electrons. The summed E-state index contributed by atoms with van der Waals surface area (Å²) in [5, 5.41) is 0. The Hall–Kier alpha value is -1.56. The number of benzene rings is 1. The van der Waals surface area contributed by atoms with Crippen molar-refractivity contribution in [1.29, 1.82) is 0 Å². The Bertz CT molecular complexity index is 1180. The lowest BCUT2D eigenvalue weighted by atomic mass is 10.0. The molecule has 212 valence electrons. The maximum atomic E-state index is 4.86. The summed E-state index contributed by atoms with van der Waals surface area (Å²) in [6.07, 6.45) is 20.4. The van der Waals surface area contributed by atoms with E-state index in [1.54, 1.807) is 20.9 Å². The first-order valence-electron chi connectivity index (χ1n) is 15.7. The van der Waals surface area contributed by atoms with Crippen LogP contribution < -0.4 is 0 Å². The highest BCUT2D eigenvalue weighted by atomic mass is 32.1. The van der Waals surface area contributed by atoms with E-state index in [2.05, 4.69) is 52.0 Å². The molecular weight excluding hydrogens is 533 g/mol. The van der Waals surface area contributed by atoms with Crippen molar-refractivity contribution in [3.8, 4) is 20.9 Å². The molecule has 0 saturated carbocycles. The van der Waals surface area contributed by atoms with Gasteiger partial charge < -0.3 is 0 Å². The minimum Gasteiger partial charge on any atom is -0.172 e. The van der Waals surface area contributed by atoms with Crippen molar-refractivity contribution in [2.24, 2.45) is 0 Å². The average molecular weight is 581 g/mol. The van der Waals surface area contributed by atoms with Gasteiger partial charge in [0, 0.05) is 30.6 Å². The normalized spacial score (nSPS) is 11.7. The van der Waals surface area contributed by atoms with Crippen molar-refractivity contribution in [3.63, 3.8) is 0 Å². The molecule has 0 bridgehead atoms. The quantitative estimate of drug-likeness (QED) is 0.109. The van der Waals surface area contributed by atoms with E-state index >= 15 is 0 Å². The molecule has 0 atom stereocenters. The molecule has 0 unspecified atom stereocenters. The summed E-state index contributed by atoms with van der Waals surface area (Å²) >= 11 is 5.38. The fourth-order valence-electron chi connectivity index (χ4n) is 5.47. The lowest BCUT2D eigenvalue weighted by Crippen LogP contribution is -1.90. The largest absolute Gasteiger partial charge is 0.172 e. The first-order valence-corrected chi connectivity index (χ1v) is 18.1. The minimum atomic E-state index is 1.09. The van der Waals surface area contributed by atoms with Crippen LogP contribution in [0.5, 0.6) is 0 Å². The Morgan fingerprint density at radius 2 is 0.949 bits per heavy atom. The van der Waals surface area contributed by atoms with Crippen molar-refractivity contribution in [3.05, 3.63) is 45.1 Å². The second-order valence-corrected chi connectivity index (χ2v) is 13.9. The highest BCUT2D eigenvalue weighted by molar-refractivity contribution is 7.16. The molecule has 0 aliphatic rings. The maximum Gasteiger partial charge on any atom is 0.114 e. The SMILES string of the molecule is CCCCCCc1cc(-c2ccc(-c3cc(CCCCCC)c(CCCC)s3)c3nsnc23)sc1CCCC. The van der Waals surface area contributed by atoms with Gasteiger partial charge in [-0.15, -0.1) is 22.7 Å². The Labute approximate surface area is 249 Å². The van der Waals surface area contributed by atoms with Crippen LogP contribution in [0, 0.1) is 0 Å². The summed E-state index contributed by atoms with van der Waals surface area (Å²) in [7, 11) is 0. The molecule has 5 heteroatoms. The molecule has 2 nitrogen and oxygen atoms in total. The number of nitrogens with zero attached hydrogens (tertiary/aromatic N) is 2. The number of unbranched alkanes of at least 4 members (excludes halogenated alkanes) is 8. The molecule has 0 spiro atoms. The third-order valence-electron chi connectivity index (χ3n) is 7.85. The summed E-state index contributed by atoms with van der Waals surface area (Å²) in [5.41, 5.74) is 7.87. The fraction of sp³-hybridized carbons (Fsp3) is 0.588. The smallest absolute Gasteiger partial charge is 0.114 e. The summed E-state index contributed by atoms with van der Waals surface area (Å²) in [4.78, 5) is 5.94. The van der Waals surface area contributed by atoms with E-state index in [0.717, 1.165) is 11.0 Å². The van der Waals surface area contributed by atoms with Crippen LogP contribution in [0.1, 0.15) is 126 Å². The summed E-state index contributed by atoms with van der Waals surface area (Å²) in [5.74, 6) is 0. The number of rotatable bonds is 18. The minimum absolute atomic E-state index is 1.09. The third kappa shape index (κ3) is 8.01. The van der Waals surface area contributed by atoms with Gasteiger partial charge in [-0.1, -0.05) is 91.2 Å². The van der Waals surface area contributed by atoms with Crippen LogP contribution in [0.3, 0.4) is 0 Å². The Balaban J connectivity index is 1.64. The van der Waals surface area contributed by atoms with Gasteiger partial charge >= 0.3 is 0 Å². The second kappa shape index (κ2) is 16.0. The van der Waals surface area contributed by atoms with Crippen LogP contribution in [0.15, 0.2) is 24.3 Å². The lowest BCUT2D eigenvalue weighted by molar-refractivity contribution is 0.664. The van der Waals surface area contributed by atoms with Gasteiger partial charge in [-0.3, -0.25) is 0 Å². The number of hydrogen-bond donors (Lipinski definition) is 0. The molecule has 3 heterocycles. The van der Waals surface area contributed by atoms with Crippen LogP contribution in [0.2, 0.25) is 0 Å². The third-order valence-corrected chi connectivity index (χ3v) is 10.9. The molecule has 0 fully saturated rings. The standard InChI is InChI=1S/C34H48N2S3/c1-5-9-13-15-17-25-23-31(37-29(25)19-11-7-3)27-21-22-28(34-33(27)35-39-36-34)32-24-26(18-16-14-10-6-2)30(38-32)20-12-8-4/h21-24H,5-20H2,1-4H3. The summed E-state index contributed by atoms with van der Waals surface area (Å²) < 4.78 is 9.72. The van der Waals surface area contributed by atoms with Crippen LogP contribution >= 0.6 is 34.4 Å². The van der Waals surface area contributed by atoms with E-state index < -0.39 is 0 Å². The molecule has 1 aromatic carbocycles. The molecule has 0 aliphatic heterocycles. The van der Waals surface area contributed by atoms with Crippen molar-refractivity contribution >= 4 is 45.4 Å². The first kappa shape index (κ1) is 30.4. The topological polar surface area (TPSA) is 25.8 Å². The highest BCUT2D eigenvalue weighted by Crippen LogP contribution is 2.42. The van der Waals surface area contributed by atoms with E-state index in [4.69, 9.17) is 8.75 Å². The molecule has 0 saturated heterocycles. The van der Waals surface area contributed by atoms with Gasteiger partial charge in [-0.05, 0) is 74.6 Å². The average Bonchev–Trinajstić information content (AvgIpc) is 3.69. The number of hydrogen-bond acceptors (Lipinski definition) is 5. The van der Waals surface area contributed by atoms with Crippen molar-refractivity contribution in [2.45, 2.75) is 130 Å². The van der Waals surface area contributed by atoms with Crippen molar-refractivity contribution in [2.75, 3.05) is 0 Å². The van der Waals surface area contributed by atoms with E-state index in [1.807, 2.05) is 22.7 Å². The van der Waals surface area contributed by atoms with Crippen molar-refractivity contribution in [1.82, 2.24) is 8.75 Å². The van der Waals surface area contributed by atoms with Crippen LogP contribution in [-0.4, -0.2) is 8.75 Å². The molecule has 0 N–H and O–H groups in total. The molecular formula is C34H48N2S3. The predicted molar refractivity (Wildman–Crippen MR) is 177 cm³/mol. The van der Waals surface area contributed by atoms with Gasteiger partial charge in [0.1, 0.15) is 11.0 Å². The zero-order valence-corrected chi connectivity index (χ0v) is 27.2. The van der Waals surface area contributed by atoms with Gasteiger partial charge in [-0.25, -0.2) is 0 Å². The fourth-order valence-corrected chi connectivity index (χ4v) is 8.60. The Kier molecular flexibility index (Phi) is 12.5. The lowest BCUT2D eigenvalue weighted by Gasteiger charge is -2.03. The van der Waals surface area contributed by atoms with E-state index in [9.17, 15) is 0 Å². The summed E-state index contributed by atoms with van der Waals surface area (Å²) in [6.45, 7) is 9.19. The summed E-state index contributed by atoms with van der Waals surface area (Å²) in [6, 6.07) is 9.64. The molecule has 0 amide bonds. The van der Waals surface area contributed by atoms with Crippen LogP contribution in [-0.2, 0) is 25.7 Å². The molecule has 3 aromatic heterocycles. The zero-order valence-electron chi connectivity index (χ0n) is 24.7. The monoisotopic (exact) mass is 580 g/mol. The van der Waals surface area contributed by atoms with Crippen molar-refractivity contribution < 1.29 is 0 Å². The Morgan fingerprint density at radius 3 is 1.36 bits per heavy atom.